The molecule has 1 N–H and O–H groups in total. The average molecular weight is 324 g/mol. The number of likely N-dealkylation sites (N-methyl/N-ethyl adjacent to an activating group) is 1. The van der Waals surface area contributed by atoms with E-state index in [0.29, 0.717) is 25.4 Å². The molecule has 0 bridgehead atoms. The SMILES string of the molecule is C[C@@H](C(=O)NC[C@H]1CCCO1)N(C)CCOc1cccc(F)c1. The van der Waals surface area contributed by atoms with Crippen LogP contribution in [-0.4, -0.2) is 56.3 Å². The van der Waals surface area contributed by atoms with Crippen LogP contribution < -0.4 is 10.1 Å². The van der Waals surface area contributed by atoms with Crippen molar-refractivity contribution in [1.29, 1.82) is 0 Å². The number of carbonyl (C=O) groups excluding carboxylic acids is 1. The van der Waals surface area contributed by atoms with Gasteiger partial charge in [-0.15, -0.1) is 0 Å². The number of amides is 1. The van der Waals surface area contributed by atoms with Crippen molar-refractivity contribution in [2.75, 3.05) is 33.4 Å². The van der Waals surface area contributed by atoms with Gasteiger partial charge < -0.3 is 14.8 Å². The summed E-state index contributed by atoms with van der Waals surface area (Å²) in [6.45, 7) is 4.17. The fourth-order valence-corrected chi connectivity index (χ4v) is 2.43. The van der Waals surface area contributed by atoms with Crippen LogP contribution in [0.2, 0.25) is 0 Å². The van der Waals surface area contributed by atoms with Gasteiger partial charge in [-0.2, -0.15) is 0 Å². The van der Waals surface area contributed by atoms with Gasteiger partial charge in [-0.1, -0.05) is 6.07 Å². The molecule has 2 atom stereocenters. The van der Waals surface area contributed by atoms with Crippen LogP contribution >= 0.6 is 0 Å². The Hall–Kier alpha value is -1.66. The number of hydrogen-bond acceptors (Lipinski definition) is 4. The number of carbonyl (C=O) groups is 1. The Kier molecular flexibility index (Phi) is 6.80. The summed E-state index contributed by atoms with van der Waals surface area (Å²) in [6.07, 6.45) is 2.21. The average Bonchev–Trinajstić information content (AvgIpc) is 3.05. The second-order valence-electron chi connectivity index (χ2n) is 5.84. The Morgan fingerprint density at radius 2 is 2.39 bits per heavy atom. The standard InChI is InChI=1S/C17H25FN2O3/c1-13(17(21)19-12-16-7-4-9-22-16)20(2)8-10-23-15-6-3-5-14(18)11-15/h3,5-6,11,13,16H,4,7-10,12H2,1-2H3,(H,19,21)/t13-,16+/m0/s1. The van der Waals surface area contributed by atoms with E-state index in [1.54, 1.807) is 12.1 Å². The van der Waals surface area contributed by atoms with Crippen LogP contribution in [0.4, 0.5) is 4.39 Å². The maximum absolute atomic E-state index is 13.0. The van der Waals surface area contributed by atoms with E-state index >= 15 is 0 Å². The van der Waals surface area contributed by atoms with Gasteiger partial charge in [0, 0.05) is 25.8 Å². The lowest BCUT2D eigenvalue weighted by Crippen LogP contribution is -2.46. The van der Waals surface area contributed by atoms with Gasteiger partial charge in [0.1, 0.15) is 18.2 Å². The summed E-state index contributed by atoms with van der Waals surface area (Å²) >= 11 is 0. The third kappa shape index (κ3) is 5.80. The smallest absolute Gasteiger partial charge is 0.237 e. The zero-order chi connectivity index (χ0) is 16.7. The number of benzene rings is 1. The first kappa shape index (κ1) is 17.7. The molecule has 1 aromatic carbocycles. The lowest BCUT2D eigenvalue weighted by atomic mass is 10.2. The normalized spacial score (nSPS) is 18.9. The van der Waals surface area contributed by atoms with Crippen LogP contribution in [0.5, 0.6) is 5.75 Å². The van der Waals surface area contributed by atoms with Crippen molar-refractivity contribution in [2.24, 2.45) is 0 Å². The minimum Gasteiger partial charge on any atom is -0.492 e. The molecule has 1 saturated heterocycles. The maximum Gasteiger partial charge on any atom is 0.237 e. The highest BCUT2D eigenvalue weighted by atomic mass is 19.1. The molecule has 1 heterocycles. The van der Waals surface area contributed by atoms with E-state index in [1.165, 1.54) is 12.1 Å². The molecule has 0 spiro atoms. The van der Waals surface area contributed by atoms with Gasteiger partial charge in [0.05, 0.1) is 12.1 Å². The third-order valence-corrected chi connectivity index (χ3v) is 4.08. The van der Waals surface area contributed by atoms with Crippen LogP contribution in [0.15, 0.2) is 24.3 Å². The molecule has 1 fully saturated rings. The van der Waals surface area contributed by atoms with E-state index in [2.05, 4.69) is 5.32 Å². The van der Waals surface area contributed by atoms with Crippen LogP contribution in [0, 0.1) is 5.82 Å². The molecular formula is C17H25FN2O3. The molecule has 1 aliphatic heterocycles. The summed E-state index contributed by atoms with van der Waals surface area (Å²) in [4.78, 5) is 14.0. The summed E-state index contributed by atoms with van der Waals surface area (Å²) in [5.41, 5.74) is 0. The first-order chi connectivity index (χ1) is 11.1. The van der Waals surface area contributed by atoms with E-state index in [1.807, 2.05) is 18.9 Å². The fourth-order valence-electron chi connectivity index (χ4n) is 2.43. The second-order valence-corrected chi connectivity index (χ2v) is 5.84. The zero-order valence-corrected chi connectivity index (χ0v) is 13.8. The summed E-state index contributed by atoms with van der Waals surface area (Å²) < 4.78 is 24.0. The molecule has 1 aromatic rings. The lowest BCUT2D eigenvalue weighted by Gasteiger charge is -2.24. The van der Waals surface area contributed by atoms with E-state index in [4.69, 9.17) is 9.47 Å². The maximum atomic E-state index is 13.0. The van der Waals surface area contributed by atoms with Crippen molar-refractivity contribution >= 4 is 5.91 Å². The van der Waals surface area contributed by atoms with E-state index in [-0.39, 0.29) is 23.9 Å². The van der Waals surface area contributed by atoms with Crippen molar-refractivity contribution in [3.8, 4) is 5.75 Å². The molecule has 1 amide bonds. The Labute approximate surface area is 136 Å². The number of nitrogens with zero attached hydrogens (tertiary/aromatic N) is 1. The van der Waals surface area contributed by atoms with E-state index in [0.717, 1.165) is 19.4 Å². The van der Waals surface area contributed by atoms with Gasteiger partial charge in [0.2, 0.25) is 5.91 Å². The van der Waals surface area contributed by atoms with Gasteiger partial charge in [-0.3, -0.25) is 9.69 Å². The highest BCUT2D eigenvalue weighted by Gasteiger charge is 2.21. The molecule has 0 unspecified atom stereocenters. The molecule has 23 heavy (non-hydrogen) atoms. The van der Waals surface area contributed by atoms with Crippen molar-refractivity contribution in [2.45, 2.75) is 31.9 Å². The minimum absolute atomic E-state index is 0.0197. The molecule has 128 valence electrons. The largest absolute Gasteiger partial charge is 0.492 e. The molecule has 0 aromatic heterocycles. The quantitative estimate of drug-likeness (QED) is 0.792. The van der Waals surface area contributed by atoms with Gasteiger partial charge >= 0.3 is 0 Å². The lowest BCUT2D eigenvalue weighted by molar-refractivity contribution is -0.126. The predicted molar refractivity (Wildman–Crippen MR) is 86.0 cm³/mol. The van der Waals surface area contributed by atoms with Gasteiger partial charge in [-0.05, 0) is 38.9 Å². The number of hydrogen-bond donors (Lipinski definition) is 1. The van der Waals surface area contributed by atoms with Crippen LogP contribution in [0.3, 0.4) is 0 Å². The van der Waals surface area contributed by atoms with Gasteiger partial charge in [0.25, 0.3) is 0 Å². The van der Waals surface area contributed by atoms with Gasteiger partial charge in [-0.25, -0.2) is 4.39 Å². The number of halogens is 1. The van der Waals surface area contributed by atoms with E-state index in [9.17, 15) is 9.18 Å². The Balaban J connectivity index is 1.67. The van der Waals surface area contributed by atoms with Crippen LogP contribution in [0.1, 0.15) is 19.8 Å². The van der Waals surface area contributed by atoms with Gasteiger partial charge in [0.15, 0.2) is 0 Å². The molecule has 0 aliphatic carbocycles. The summed E-state index contributed by atoms with van der Waals surface area (Å²) in [5, 5.41) is 2.92. The first-order valence-electron chi connectivity index (χ1n) is 8.04. The molecule has 0 radical (unpaired) electrons. The van der Waals surface area contributed by atoms with Crippen molar-refractivity contribution in [1.82, 2.24) is 10.2 Å². The molecule has 1 aliphatic rings. The van der Waals surface area contributed by atoms with Crippen molar-refractivity contribution < 1.29 is 18.7 Å². The fraction of sp³-hybridized carbons (Fsp3) is 0.588. The minimum atomic E-state index is -0.322. The molecular weight excluding hydrogens is 299 g/mol. The topological polar surface area (TPSA) is 50.8 Å². The first-order valence-corrected chi connectivity index (χ1v) is 8.04. The zero-order valence-electron chi connectivity index (χ0n) is 13.8. The Bertz CT molecular complexity index is 506. The molecule has 2 rings (SSSR count). The summed E-state index contributed by atoms with van der Waals surface area (Å²) in [5.74, 6) is 0.153. The van der Waals surface area contributed by atoms with Crippen molar-refractivity contribution in [3.05, 3.63) is 30.1 Å². The number of nitrogens with one attached hydrogen (secondary N) is 1. The highest BCUT2D eigenvalue weighted by molar-refractivity contribution is 5.81. The second kappa shape index (κ2) is 8.84. The Morgan fingerprint density at radius 1 is 1.57 bits per heavy atom. The number of ether oxygens (including phenoxy) is 2. The molecule has 6 heteroatoms. The Morgan fingerprint density at radius 3 is 3.09 bits per heavy atom. The number of rotatable bonds is 8. The summed E-state index contributed by atoms with van der Waals surface area (Å²) in [7, 11) is 1.87. The highest BCUT2D eigenvalue weighted by Crippen LogP contribution is 2.12. The van der Waals surface area contributed by atoms with Crippen molar-refractivity contribution in [3.63, 3.8) is 0 Å². The summed E-state index contributed by atoms with van der Waals surface area (Å²) in [6, 6.07) is 5.78. The monoisotopic (exact) mass is 324 g/mol. The van der Waals surface area contributed by atoms with Crippen LogP contribution in [-0.2, 0) is 9.53 Å². The van der Waals surface area contributed by atoms with E-state index < -0.39 is 0 Å². The molecule has 0 saturated carbocycles. The molecule has 5 nitrogen and oxygen atoms in total. The van der Waals surface area contributed by atoms with Crippen LogP contribution in [0.25, 0.3) is 0 Å². The third-order valence-electron chi connectivity index (χ3n) is 4.08. The predicted octanol–water partition coefficient (Wildman–Crippen LogP) is 1.82.